The van der Waals surface area contributed by atoms with E-state index < -0.39 is 13.0 Å². The normalized spacial score (nSPS) is 10.6. The third-order valence-electron chi connectivity index (χ3n) is 1.63. The number of nitrogens with two attached hydrogens (primary N) is 1. The van der Waals surface area contributed by atoms with Crippen LogP contribution in [0.3, 0.4) is 0 Å². The Balaban J connectivity index is 2.77. The number of alkyl halides is 2. The zero-order valence-electron chi connectivity index (χ0n) is 8.70. The van der Waals surface area contributed by atoms with Gasteiger partial charge in [-0.2, -0.15) is 0 Å². The van der Waals surface area contributed by atoms with E-state index in [1.54, 1.807) is 0 Å². The zero-order valence-corrected chi connectivity index (χ0v) is 8.70. The summed E-state index contributed by atoms with van der Waals surface area (Å²) in [6.45, 7) is -0.299. The summed E-state index contributed by atoms with van der Waals surface area (Å²) in [7, 11) is 1.48. The van der Waals surface area contributed by atoms with Gasteiger partial charge in [0.1, 0.15) is 18.2 Å². The predicted molar refractivity (Wildman–Crippen MR) is 55.0 cm³/mol. The number of nitrogen functional groups attached to an aromatic ring is 1. The second-order valence-corrected chi connectivity index (χ2v) is 2.90. The van der Waals surface area contributed by atoms with Gasteiger partial charge in [0.2, 0.25) is 0 Å². The van der Waals surface area contributed by atoms with Gasteiger partial charge in [-0.3, -0.25) is 0 Å². The summed E-state index contributed by atoms with van der Waals surface area (Å²) in [6.07, 6.45) is -2.45. The van der Waals surface area contributed by atoms with Crippen molar-refractivity contribution in [2.75, 3.05) is 24.4 Å². The van der Waals surface area contributed by atoms with Crippen LogP contribution in [0.4, 0.5) is 20.4 Å². The van der Waals surface area contributed by atoms with Crippen molar-refractivity contribution in [3.8, 4) is 0 Å². The lowest BCUT2D eigenvalue weighted by molar-refractivity contribution is 0.163. The molecule has 0 atom stereocenters. The van der Waals surface area contributed by atoms with Crippen LogP contribution >= 0.6 is 0 Å². The lowest BCUT2D eigenvalue weighted by Gasteiger charge is -2.08. The van der Waals surface area contributed by atoms with Gasteiger partial charge in [0, 0.05) is 13.2 Å². The molecule has 0 bridgehead atoms. The number of nitrogens with zero attached hydrogens (tertiary/aromatic N) is 2. The average Bonchev–Trinajstić information content (AvgIpc) is 2.26. The van der Waals surface area contributed by atoms with Crippen LogP contribution in [-0.4, -0.2) is 30.0 Å². The first-order valence-corrected chi connectivity index (χ1v) is 4.51. The molecule has 0 radical (unpaired) electrons. The van der Waals surface area contributed by atoms with Crippen molar-refractivity contribution in [1.82, 2.24) is 9.97 Å². The molecular weight excluding hydrogens is 220 g/mol. The maximum atomic E-state index is 12.0. The number of rotatable bonds is 6. The van der Waals surface area contributed by atoms with Crippen molar-refractivity contribution in [3.05, 3.63) is 11.9 Å². The predicted octanol–water partition coefficient (Wildman–Crippen LogP) is 0.586. The molecule has 1 aromatic rings. The Labute approximate surface area is 91.2 Å². The molecule has 0 spiro atoms. The van der Waals surface area contributed by atoms with E-state index >= 15 is 0 Å². The number of hydrogen-bond acceptors (Lipinski definition) is 6. The monoisotopic (exact) mass is 233 g/mol. The number of methoxy groups -OCH3 is 1. The second kappa shape index (κ2) is 6.13. The van der Waals surface area contributed by atoms with Gasteiger partial charge in [0.05, 0.1) is 6.54 Å². The first-order valence-electron chi connectivity index (χ1n) is 4.51. The Hall–Kier alpha value is -1.54. The molecule has 8 heteroatoms. The fourth-order valence-corrected chi connectivity index (χ4v) is 1.04. The van der Waals surface area contributed by atoms with Crippen LogP contribution in [0.15, 0.2) is 6.07 Å². The van der Waals surface area contributed by atoms with E-state index in [4.69, 9.17) is 10.6 Å². The van der Waals surface area contributed by atoms with Crippen molar-refractivity contribution in [2.24, 2.45) is 5.84 Å². The Morgan fingerprint density at radius 3 is 2.69 bits per heavy atom. The quantitative estimate of drug-likeness (QED) is 0.492. The maximum Gasteiger partial charge on any atom is 0.255 e. The maximum absolute atomic E-state index is 12.0. The Kier molecular flexibility index (Phi) is 4.80. The molecule has 1 heterocycles. The van der Waals surface area contributed by atoms with Crippen LogP contribution in [0.1, 0.15) is 5.82 Å². The number of hydrogen-bond donors (Lipinski definition) is 3. The molecule has 4 N–H and O–H groups in total. The average molecular weight is 233 g/mol. The number of anilines is 2. The topological polar surface area (TPSA) is 85.1 Å². The third kappa shape index (κ3) is 3.91. The molecule has 0 saturated heterocycles. The third-order valence-corrected chi connectivity index (χ3v) is 1.63. The van der Waals surface area contributed by atoms with E-state index in [0.717, 1.165) is 0 Å². The molecule has 90 valence electrons. The Morgan fingerprint density at radius 2 is 2.12 bits per heavy atom. The van der Waals surface area contributed by atoms with Crippen LogP contribution in [0.5, 0.6) is 0 Å². The molecule has 0 unspecified atom stereocenters. The van der Waals surface area contributed by atoms with Gasteiger partial charge in [-0.25, -0.2) is 24.6 Å². The van der Waals surface area contributed by atoms with Crippen molar-refractivity contribution in [1.29, 1.82) is 0 Å². The highest BCUT2D eigenvalue weighted by Gasteiger charge is 2.06. The molecule has 0 amide bonds. The minimum absolute atomic E-state index is 0.179. The molecule has 0 aliphatic rings. The Morgan fingerprint density at radius 1 is 1.44 bits per heavy atom. The molecule has 6 nitrogen and oxygen atoms in total. The minimum Gasteiger partial charge on any atom is -0.377 e. The van der Waals surface area contributed by atoms with E-state index in [1.807, 2.05) is 0 Å². The van der Waals surface area contributed by atoms with Crippen molar-refractivity contribution in [3.63, 3.8) is 0 Å². The molecule has 0 aromatic carbocycles. The Bertz CT molecular complexity index is 336. The van der Waals surface area contributed by atoms with E-state index in [9.17, 15) is 8.78 Å². The van der Waals surface area contributed by atoms with Gasteiger partial charge in [0.15, 0.2) is 5.82 Å². The smallest absolute Gasteiger partial charge is 0.255 e. The molecule has 0 fully saturated rings. The summed E-state index contributed by atoms with van der Waals surface area (Å²) < 4.78 is 28.8. The largest absolute Gasteiger partial charge is 0.377 e. The number of ether oxygens (including phenoxy) is 1. The lowest BCUT2D eigenvalue weighted by Crippen LogP contribution is -2.15. The zero-order chi connectivity index (χ0) is 12.0. The first kappa shape index (κ1) is 12.5. The van der Waals surface area contributed by atoms with Crippen LogP contribution < -0.4 is 16.6 Å². The van der Waals surface area contributed by atoms with Gasteiger partial charge >= 0.3 is 0 Å². The van der Waals surface area contributed by atoms with Crippen LogP contribution in [0.25, 0.3) is 0 Å². The molecule has 16 heavy (non-hydrogen) atoms. The lowest BCUT2D eigenvalue weighted by atomic mass is 10.4. The number of hydrazine groups is 1. The van der Waals surface area contributed by atoms with Crippen LogP contribution in [0, 0.1) is 0 Å². The molecule has 1 aromatic heterocycles. The van der Waals surface area contributed by atoms with E-state index in [-0.39, 0.29) is 12.4 Å². The summed E-state index contributed by atoms with van der Waals surface area (Å²) >= 11 is 0. The number of nitrogens with one attached hydrogen (secondary N) is 2. The fourth-order valence-electron chi connectivity index (χ4n) is 1.04. The molecule has 1 rings (SSSR count). The minimum atomic E-state index is -2.45. The molecule has 0 aliphatic heterocycles. The summed E-state index contributed by atoms with van der Waals surface area (Å²) in [5.74, 6) is 6.14. The number of aromatic nitrogens is 2. The van der Waals surface area contributed by atoms with Gasteiger partial charge in [-0.05, 0) is 0 Å². The fraction of sp³-hybridized carbons (Fsp3) is 0.500. The molecule has 0 aliphatic carbocycles. The first-order chi connectivity index (χ1) is 7.65. The summed E-state index contributed by atoms with van der Waals surface area (Å²) in [4.78, 5) is 7.94. The van der Waals surface area contributed by atoms with Gasteiger partial charge < -0.3 is 15.5 Å². The number of halogens is 2. The van der Waals surface area contributed by atoms with Crippen LogP contribution in [0.2, 0.25) is 0 Å². The summed E-state index contributed by atoms with van der Waals surface area (Å²) in [5.41, 5.74) is 2.32. The highest BCUT2D eigenvalue weighted by molar-refractivity contribution is 5.46. The SMILES string of the molecule is COCc1nc(NN)cc(NCC(F)F)n1. The van der Waals surface area contributed by atoms with Crippen molar-refractivity contribution in [2.45, 2.75) is 13.0 Å². The van der Waals surface area contributed by atoms with E-state index in [1.165, 1.54) is 13.2 Å². The standard InChI is InChI=1S/C8H13F2N5O/c1-16-4-8-13-6(12-3-5(9)10)2-7(14-8)15-11/h2,5H,3-4,11H2,1H3,(H2,12,13,14,15). The van der Waals surface area contributed by atoms with Crippen molar-refractivity contribution < 1.29 is 13.5 Å². The highest BCUT2D eigenvalue weighted by Crippen LogP contribution is 2.11. The molecule has 0 saturated carbocycles. The van der Waals surface area contributed by atoms with E-state index in [0.29, 0.717) is 11.6 Å². The summed E-state index contributed by atoms with van der Waals surface area (Å²) in [6, 6.07) is 1.43. The second-order valence-electron chi connectivity index (χ2n) is 2.90. The van der Waals surface area contributed by atoms with Gasteiger partial charge in [-0.1, -0.05) is 0 Å². The van der Waals surface area contributed by atoms with Crippen molar-refractivity contribution >= 4 is 11.6 Å². The highest BCUT2D eigenvalue weighted by atomic mass is 19.3. The summed E-state index contributed by atoms with van der Waals surface area (Å²) in [5, 5.41) is 2.47. The van der Waals surface area contributed by atoms with Gasteiger partial charge in [-0.15, -0.1) is 0 Å². The van der Waals surface area contributed by atoms with E-state index in [2.05, 4.69) is 20.7 Å². The van der Waals surface area contributed by atoms with Crippen LogP contribution in [-0.2, 0) is 11.3 Å². The van der Waals surface area contributed by atoms with Gasteiger partial charge in [0.25, 0.3) is 6.43 Å². The molecular formula is C8H13F2N5O.